The summed E-state index contributed by atoms with van der Waals surface area (Å²) >= 11 is 0. The fraction of sp³-hybridized carbons (Fsp3) is 1.00. The second-order valence-corrected chi connectivity index (χ2v) is 4.57. The lowest BCUT2D eigenvalue weighted by Crippen LogP contribution is -2.37. The Morgan fingerprint density at radius 1 is 1.23 bits per heavy atom. The number of hydrogen-bond acceptors (Lipinski definition) is 3. The SMILES string of the molecule is COCC(CN(C)C)OC(C)(C)C. The first-order valence-corrected chi connectivity index (χ1v) is 4.66. The lowest BCUT2D eigenvalue weighted by molar-refractivity contribution is -0.0928. The van der Waals surface area contributed by atoms with Gasteiger partial charge in [-0.3, -0.25) is 0 Å². The van der Waals surface area contributed by atoms with Crippen molar-refractivity contribution in [2.75, 3.05) is 34.4 Å². The van der Waals surface area contributed by atoms with Gasteiger partial charge in [-0.25, -0.2) is 0 Å². The third kappa shape index (κ3) is 8.22. The van der Waals surface area contributed by atoms with Gasteiger partial charge in [-0.2, -0.15) is 0 Å². The average Bonchev–Trinajstić information content (AvgIpc) is 1.81. The monoisotopic (exact) mass is 189 g/mol. The fourth-order valence-electron chi connectivity index (χ4n) is 1.22. The predicted octanol–water partition coefficient (Wildman–Crippen LogP) is 1.38. The van der Waals surface area contributed by atoms with Crippen molar-refractivity contribution >= 4 is 0 Å². The van der Waals surface area contributed by atoms with Crippen molar-refractivity contribution < 1.29 is 9.47 Å². The van der Waals surface area contributed by atoms with Gasteiger partial charge in [0.05, 0.1) is 18.3 Å². The van der Waals surface area contributed by atoms with Crippen molar-refractivity contribution in [1.82, 2.24) is 4.90 Å². The second-order valence-electron chi connectivity index (χ2n) is 4.57. The van der Waals surface area contributed by atoms with Crippen LogP contribution >= 0.6 is 0 Å². The van der Waals surface area contributed by atoms with Gasteiger partial charge in [0.15, 0.2) is 0 Å². The quantitative estimate of drug-likeness (QED) is 0.652. The van der Waals surface area contributed by atoms with Crippen LogP contribution in [0.15, 0.2) is 0 Å². The highest BCUT2D eigenvalue weighted by atomic mass is 16.5. The number of ether oxygens (including phenoxy) is 2. The van der Waals surface area contributed by atoms with Crippen LogP contribution in [0.3, 0.4) is 0 Å². The van der Waals surface area contributed by atoms with E-state index in [0.29, 0.717) is 6.61 Å². The summed E-state index contributed by atoms with van der Waals surface area (Å²) in [5, 5.41) is 0. The molecule has 0 aromatic rings. The van der Waals surface area contributed by atoms with Crippen molar-refractivity contribution in [3.63, 3.8) is 0 Å². The van der Waals surface area contributed by atoms with Crippen LogP contribution < -0.4 is 0 Å². The largest absolute Gasteiger partial charge is 0.382 e. The number of likely N-dealkylation sites (N-methyl/N-ethyl adjacent to an activating group) is 1. The molecule has 0 bridgehead atoms. The molecular weight excluding hydrogens is 166 g/mol. The van der Waals surface area contributed by atoms with Crippen molar-refractivity contribution in [2.24, 2.45) is 0 Å². The zero-order chi connectivity index (χ0) is 10.5. The number of nitrogens with zero attached hydrogens (tertiary/aromatic N) is 1. The minimum absolute atomic E-state index is 0.0980. The van der Waals surface area contributed by atoms with E-state index in [4.69, 9.17) is 9.47 Å². The summed E-state index contributed by atoms with van der Waals surface area (Å²) in [6.07, 6.45) is 0.153. The normalized spacial score (nSPS) is 15.0. The molecule has 80 valence electrons. The first-order valence-electron chi connectivity index (χ1n) is 4.66. The third-order valence-corrected chi connectivity index (χ3v) is 1.44. The van der Waals surface area contributed by atoms with Crippen LogP contribution in [-0.4, -0.2) is 51.0 Å². The van der Waals surface area contributed by atoms with Gasteiger partial charge in [0.1, 0.15) is 0 Å². The molecule has 0 aromatic heterocycles. The maximum absolute atomic E-state index is 5.82. The van der Waals surface area contributed by atoms with E-state index in [1.54, 1.807) is 7.11 Å². The Balaban J connectivity index is 3.94. The van der Waals surface area contributed by atoms with Crippen LogP contribution in [0.2, 0.25) is 0 Å². The molecule has 0 aliphatic heterocycles. The zero-order valence-electron chi connectivity index (χ0n) is 9.76. The van der Waals surface area contributed by atoms with Gasteiger partial charge in [0.25, 0.3) is 0 Å². The van der Waals surface area contributed by atoms with Gasteiger partial charge >= 0.3 is 0 Å². The highest BCUT2D eigenvalue weighted by Crippen LogP contribution is 2.11. The van der Waals surface area contributed by atoms with Crippen LogP contribution in [0.5, 0.6) is 0 Å². The summed E-state index contributed by atoms with van der Waals surface area (Å²) < 4.78 is 10.9. The summed E-state index contributed by atoms with van der Waals surface area (Å²) in [7, 11) is 5.78. The smallest absolute Gasteiger partial charge is 0.0941 e. The first-order chi connectivity index (χ1) is 5.85. The molecule has 0 saturated heterocycles. The van der Waals surface area contributed by atoms with E-state index in [0.717, 1.165) is 6.54 Å². The molecule has 0 fully saturated rings. The molecule has 13 heavy (non-hydrogen) atoms. The second kappa shape index (κ2) is 5.58. The summed E-state index contributed by atoms with van der Waals surface area (Å²) in [5.41, 5.74) is -0.0980. The molecule has 1 atom stereocenters. The van der Waals surface area contributed by atoms with E-state index in [9.17, 15) is 0 Å². The molecule has 3 nitrogen and oxygen atoms in total. The van der Waals surface area contributed by atoms with E-state index in [-0.39, 0.29) is 11.7 Å². The van der Waals surface area contributed by atoms with Crippen LogP contribution in [0.25, 0.3) is 0 Å². The van der Waals surface area contributed by atoms with Gasteiger partial charge in [-0.1, -0.05) is 0 Å². The van der Waals surface area contributed by atoms with E-state index in [1.165, 1.54) is 0 Å². The van der Waals surface area contributed by atoms with Gasteiger partial charge in [-0.05, 0) is 34.9 Å². The third-order valence-electron chi connectivity index (χ3n) is 1.44. The van der Waals surface area contributed by atoms with Crippen LogP contribution in [0.1, 0.15) is 20.8 Å². The minimum Gasteiger partial charge on any atom is -0.382 e. The van der Waals surface area contributed by atoms with E-state index >= 15 is 0 Å². The number of hydrogen-bond donors (Lipinski definition) is 0. The lowest BCUT2D eigenvalue weighted by Gasteiger charge is -2.29. The van der Waals surface area contributed by atoms with Crippen molar-refractivity contribution in [3.8, 4) is 0 Å². The molecule has 0 radical (unpaired) electrons. The fourth-order valence-corrected chi connectivity index (χ4v) is 1.22. The molecule has 0 aliphatic rings. The topological polar surface area (TPSA) is 21.7 Å². The molecule has 0 aromatic carbocycles. The molecule has 0 rings (SSSR count). The first kappa shape index (κ1) is 12.9. The Labute approximate surface area is 82.0 Å². The predicted molar refractivity (Wildman–Crippen MR) is 55.1 cm³/mol. The molecule has 3 heteroatoms. The Morgan fingerprint density at radius 2 is 1.77 bits per heavy atom. The molecule has 1 unspecified atom stereocenters. The van der Waals surface area contributed by atoms with Crippen LogP contribution in [0, 0.1) is 0 Å². The van der Waals surface area contributed by atoms with Gasteiger partial charge < -0.3 is 14.4 Å². The average molecular weight is 189 g/mol. The Hall–Kier alpha value is -0.120. The maximum Gasteiger partial charge on any atom is 0.0941 e. The van der Waals surface area contributed by atoms with Gasteiger partial charge in [0.2, 0.25) is 0 Å². The number of rotatable bonds is 5. The lowest BCUT2D eigenvalue weighted by atomic mass is 10.2. The maximum atomic E-state index is 5.82. The van der Waals surface area contributed by atoms with Crippen LogP contribution in [-0.2, 0) is 9.47 Å². The molecule has 0 amide bonds. The van der Waals surface area contributed by atoms with E-state index in [1.807, 2.05) is 14.1 Å². The molecule has 0 aliphatic carbocycles. The zero-order valence-corrected chi connectivity index (χ0v) is 9.76. The highest BCUT2D eigenvalue weighted by molar-refractivity contribution is 4.67. The summed E-state index contributed by atoms with van der Waals surface area (Å²) in [4.78, 5) is 2.11. The molecule has 0 spiro atoms. The number of methoxy groups -OCH3 is 1. The minimum atomic E-state index is -0.0980. The summed E-state index contributed by atoms with van der Waals surface area (Å²) in [5.74, 6) is 0. The molecule has 0 saturated carbocycles. The Bertz CT molecular complexity index is 129. The van der Waals surface area contributed by atoms with Gasteiger partial charge in [-0.15, -0.1) is 0 Å². The van der Waals surface area contributed by atoms with Crippen molar-refractivity contribution in [1.29, 1.82) is 0 Å². The van der Waals surface area contributed by atoms with E-state index in [2.05, 4.69) is 25.7 Å². The Kier molecular flexibility index (Phi) is 5.53. The highest BCUT2D eigenvalue weighted by Gasteiger charge is 2.18. The van der Waals surface area contributed by atoms with Crippen molar-refractivity contribution in [3.05, 3.63) is 0 Å². The summed E-state index contributed by atoms with van der Waals surface area (Å²) in [6, 6.07) is 0. The molecule has 0 heterocycles. The van der Waals surface area contributed by atoms with E-state index < -0.39 is 0 Å². The van der Waals surface area contributed by atoms with Crippen molar-refractivity contribution in [2.45, 2.75) is 32.5 Å². The standard InChI is InChI=1S/C10H23NO2/c1-10(2,3)13-9(8-12-6)7-11(4)5/h9H,7-8H2,1-6H3. The summed E-state index contributed by atoms with van der Waals surface area (Å²) in [6.45, 7) is 7.72. The molecule has 0 N–H and O–H groups in total. The molecular formula is C10H23NO2. The van der Waals surface area contributed by atoms with Crippen LogP contribution in [0.4, 0.5) is 0 Å². The van der Waals surface area contributed by atoms with Gasteiger partial charge in [0, 0.05) is 13.7 Å². The Morgan fingerprint density at radius 3 is 2.08 bits per heavy atom.